The van der Waals surface area contributed by atoms with E-state index in [1.165, 1.54) is 6.42 Å². The Morgan fingerprint density at radius 3 is 1.50 bits per heavy atom. The van der Waals surface area contributed by atoms with Gasteiger partial charge in [0.1, 0.15) is 0 Å². The summed E-state index contributed by atoms with van der Waals surface area (Å²) in [5, 5.41) is 0. The zero-order chi connectivity index (χ0) is 20.8. The van der Waals surface area contributed by atoms with E-state index < -0.39 is 5.41 Å². The molecule has 3 radical (unpaired) electrons. The Balaban J connectivity index is 1.81. The van der Waals surface area contributed by atoms with Gasteiger partial charge in [-0.1, -0.05) is 91.0 Å². The third-order valence-corrected chi connectivity index (χ3v) is 6.00. The number of carbonyl (C=O) groups excluding carboxylic acids is 1. The number of nitrogens with zero attached hydrogens (tertiary/aromatic N) is 1. The number of hydrogen-bond acceptors (Lipinski definition) is 1. The lowest BCUT2D eigenvalue weighted by Crippen LogP contribution is -2.41. The summed E-state index contributed by atoms with van der Waals surface area (Å²) in [5.41, 5.74) is 2.77. The fourth-order valence-electron chi connectivity index (χ4n) is 4.48. The molecule has 0 atom stereocenters. The first kappa shape index (κ1) is 20.4. The van der Waals surface area contributed by atoms with Gasteiger partial charge in [0.15, 0.2) is 0 Å². The second-order valence-electron chi connectivity index (χ2n) is 7.93. The van der Waals surface area contributed by atoms with Gasteiger partial charge in [-0.25, -0.2) is 0 Å². The number of hydrogen-bond donors (Lipinski definition) is 0. The Morgan fingerprint density at radius 1 is 0.700 bits per heavy atom. The van der Waals surface area contributed by atoms with Crippen LogP contribution in [0, 0.1) is 19.3 Å². The van der Waals surface area contributed by atoms with Crippen molar-refractivity contribution in [3.05, 3.63) is 127 Å². The van der Waals surface area contributed by atoms with E-state index in [1.807, 2.05) is 23.1 Å². The lowest BCUT2D eigenvalue weighted by molar-refractivity contribution is -0.129. The zero-order valence-electron chi connectivity index (χ0n) is 17.3. The van der Waals surface area contributed by atoms with Crippen LogP contribution in [0.25, 0.3) is 0 Å². The summed E-state index contributed by atoms with van der Waals surface area (Å²) in [5.74, 6) is 0.593. The normalized spacial score (nSPS) is 14.7. The molecule has 2 heteroatoms. The summed E-state index contributed by atoms with van der Waals surface area (Å²) < 4.78 is 0. The molecule has 0 unspecified atom stereocenters. The highest BCUT2D eigenvalue weighted by molar-refractivity contribution is 5.94. The minimum Gasteiger partial charge on any atom is -0.342 e. The number of amides is 1. The predicted molar refractivity (Wildman–Crippen MR) is 123 cm³/mol. The van der Waals surface area contributed by atoms with E-state index in [2.05, 4.69) is 86.1 Å². The maximum Gasteiger partial charge on any atom is 0.230 e. The molecule has 4 rings (SSSR count). The molecule has 0 bridgehead atoms. The van der Waals surface area contributed by atoms with Crippen LogP contribution >= 0.6 is 0 Å². The minimum absolute atomic E-state index is 0.0434. The topological polar surface area (TPSA) is 20.3 Å². The van der Waals surface area contributed by atoms with Gasteiger partial charge >= 0.3 is 0 Å². The van der Waals surface area contributed by atoms with Crippen molar-refractivity contribution in [2.24, 2.45) is 0 Å². The first-order valence-corrected chi connectivity index (χ1v) is 10.7. The van der Waals surface area contributed by atoms with E-state index in [4.69, 9.17) is 0 Å². The lowest BCUT2D eigenvalue weighted by atomic mass is 9.65. The molecule has 0 saturated carbocycles. The molecule has 151 valence electrons. The Kier molecular flexibility index (Phi) is 6.32. The van der Waals surface area contributed by atoms with E-state index in [0.717, 1.165) is 42.6 Å². The van der Waals surface area contributed by atoms with Gasteiger partial charge < -0.3 is 4.90 Å². The lowest BCUT2D eigenvalue weighted by Gasteiger charge is -2.38. The number of carbonyl (C=O) groups is 1. The Morgan fingerprint density at radius 2 is 1.10 bits per heavy atom. The maximum atomic E-state index is 13.3. The molecular formula is C28H28NO. The average Bonchev–Trinajstić information content (AvgIpc) is 2.84. The zero-order valence-corrected chi connectivity index (χ0v) is 17.3. The van der Waals surface area contributed by atoms with Crippen molar-refractivity contribution in [1.29, 1.82) is 0 Å². The van der Waals surface area contributed by atoms with Crippen molar-refractivity contribution in [2.45, 2.75) is 24.7 Å². The maximum absolute atomic E-state index is 13.3. The van der Waals surface area contributed by atoms with Gasteiger partial charge in [-0.15, -0.1) is 0 Å². The van der Waals surface area contributed by atoms with Gasteiger partial charge in [0.05, 0.1) is 5.92 Å². The van der Waals surface area contributed by atoms with Gasteiger partial charge in [-0.05, 0) is 49.3 Å². The van der Waals surface area contributed by atoms with Crippen LogP contribution in [-0.4, -0.2) is 23.9 Å². The van der Waals surface area contributed by atoms with E-state index >= 15 is 0 Å². The van der Waals surface area contributed by atoms with Gasteiger partial charge in [0.2, 0.25) is 5.91 Å². The minimum atomic E-state index is -0.591. The molecule has 1 aliphatic heterocycles. The van der Waals surface area contributed by atoms with Gasteiger partial charge in [0.25, 0.3) is 0 Å². The van der Waals surface area contributed by atoms with Crippen LogP contribution in [0.1, 0.15) is 36.0 Å². The number of benzene rings is 3. The highest BCUT2D eigenvalue weighted by Gasteiger charge is 2.40. The molecule has 1 fully saturated rings. The summed E-state index contributed by atoms with van der Waals surface area (Å²) in [7, 11) is 0. The van der Waals surface area contributed by atoms with Crippen LogP contribution in [0.3, 0.4) is 0 Å². The molecule has 1 amide bonds. The molecule has 1 aliphatic rings. The van der Waals surface area contributed by atoms with E-state index in [-0.39, 0.29) is 5.91 Å². The SMILES string of the molecule is [CH2][C]([CH]C(c1ccccc1)(c1ccccc1)c1ccccc1)C(=O)N1CCCCC1. The number of piperidine rings is 1. The van der Waals surface area contributed by atoms with Crippen molar-refractivity contribution >= 4 is 5.91 Å². The first-order chi connectivity index (χ1) is 14.7. The molecule has 1 saturated heterocycles. The Bertz CT molecular complexity index is 833. The van der Waals surface area contributed by atoms with E-state index in [9.17, 15) is 4.79 Å². The van der Waals surface area contributed by atoms with Crippen molar-refractivity contribution in [2.75, 3.05) is 13.1 Å². The second kappa shape index (κ2) is 9.30. The van der Waals surface area contributed by atoms with Crippen LogP contribution in [-0.2, 0) is 10.2 Å². The standard InChI is InChI=1S/C28H28NO/c1-23(27(30)29-20-12-5-13-21-29)22-28(24-14-6-2-7-15-24,25-16-8-3-9-17-25)26-18-10-4-11-19-26/h2-4,6-11,14-19,22H,1,5,12-13,20-21H2. The average molecular weight is 395 g/mol. The van der Waals surface area contributed by atoms with Crippen LogP contribution in [0.5, 0.6) is 0 Å². The largest absolute Gasteiger partial charge is 0.342 e. The van der Waals surface area contributed by atoms with Crippen LogP contribution in [0.4, 0.5) is 0 Å². The molecule has 1 heterocycles. The van der Waals surface area contributed by atoms with Crippen LogP contribution in [0.15, 0.2) is 91.0 Å². The Labute approximate surface area is 180 Å². The molecule has 2 nitrogen and oxygen atoms in total. The molecular weight excluding hydrogens is 366 g/mol. The molecule has 30 heavy (non-hydrogen) atoms. The predicted octanol–water partition coefficient (Wildman–Crippen LogP) is 5.65. The van der Waals surface area contributed by atoms with Crippen molar-refractivity contribution < 1.29 is 4.79 Å². The monoisotopic (exact) mass is 394 g/mol. The highest BCUT2D eigenvalue weighted by Crippen LogP contribution is 2.44. The van der Waals surface area contributed by atoms with E-state index in [0.29, 0.717) is 5.92 Å². The third kappa shape index (κ3) is 4.05. The van der Waals surface area contributed by atoms with Gasteiger partial charge in [-0.3, -0.25) is 4.79 Å². The second-order valence-corrected chi connectivity index (χ2v) is 7.93. The molecule has 3 aromatic rings. The number of rotatable bonds is 6. The summed E-state index contributed by atoms with van der Waals surface area (Å²) in [6.07, 6.45) is 5.41. The fraction of sp³-hybridized carbons (Fsp3) is 0.214. The summed E-state index contributed by atoms with van der Waals surface area (Å²) in [4.78, 5) is 15.2. The van der Waals surface area contributed by atoms with Crippen molar-refractivity contribution in [3.63, 3.8) is 0 Å². The molecule has 3 aromatic carbocycles. The first-order valence-electron chi connectivity index (χ1n) is 10.7. The van der Waals surface area contributed by atoms with Gasteiger partial charge in [0, 0.05) is 18.5 Å². The van der Waals surface area contributed by atoms with Crippen LogP contribution in [0.2, 0.25) is 0 Å². The quantitative estimate of drug-likeness (QED) is 0.495. The molecule has 0 aromatic heterocycles. The van der Waals surface area contributed by atoms with Gasteiger partial charge in [-0.2, -0.15) is 0 Å². The van der Waals surface area contributed by atoms with Crippen LogP contribution < -0.4 is 0 Å². The fourth-order valence-corrected chi connectivity index (χ4v) is 4.48. The third-order valence-electron chi connectivity index (χ3n) is 6.00. The number of likely N-dealkylation sites (tertiary alicyclic amines) is 1. The summed E-state index contributed by atoms with van der Waals surface area (Å²) in [6, 6.07) is 31.2. The molecule has 0 spiro atoms. The Hall–Kier alpha value is -2.87. The highest BCUT2D eigenvalue weighted by atomic mass is 16.2. The van der Waals surface area contributed by atoms with Crippen molar-refractivity contribution in [3.8, 4) is 0 Å². The van der Waals surface area contributed by atoms with E-state index in [1.54, 1.807) is 0 Å². The smallest absolute Gasteiger partial charge is 0.230 e. The summed E-state index contributed by atoms with van der Waals surface area (Å²) in [6.45, 7) is 5.88. The summed E-state index contributed by atoms with van der Waals surface area (Å²) >= 11 is 0. The molecule has 0 aliphatic carbocycles. The van der Waals surface area contributed by atoms with Crippen molar-refractivity contribution in [1.82, 2.24) is 4.90 Å². The molecule has 0 N–H and O–H groups in total.